The highest BCUT2D eigenvalue weighted by molar-refractivity contribution is 7.84. The van der Waals surface area contributed by atoms with Gasteiger partial charge in [0.2, 0.25) is 0 Å². The van der Waals surface area contributed by atoms with E-state index in [2.05, 4.69) is 24.1 Å². The van der Waals surface area contributed by atoms with E-state index in [1.54, 1.807) is 6.26 Å². The molecule has 17 heavy (non-hydrogen) atoms. The maximum Gasteiger partial charge on any atom is 0.0309 e. The Labute approximate surface area is 108 Å². The Morgan fingerprint density at radius 1 is 1.53 bits per heavy atom. The second-order valence-corrected chi connectivity index (χ2v) is 7.56. The predicted octanol–water partition coefficient (Wildman–Crippen LogP) is 1.22. The van der Waals surface area contributed by atoms with Crippen molar-refractivity contribution in [2.75, 3.05) is 31.6 Å². The highest BCUT2D eigenvalue weighted by atomic mass is 32.2. The van der Waals surface area contributed by atoms with Gasteiger partial charge in [-0.2, -0.15) is 0 Å². The Morgan fingerprint density at radius 3 is 2.82 bits per heavy atom. The molecule has 1 saturated carbocycles. The second kappa shape index (κ2) is 5.37. The summed E-state index contributed by atoms with van der Waals surface area (Å²) in [6.45, 7) is 8.06. The maximum absolute atomic E-state index is 11.2. The van der Waals surface area contributed by atoms with Crippen LogP contribution in [0.5, 0.6) is 0 Å². The van der Waals surface area contributed by atoms with E-state index in [4.69, 9.17) is 0 Å². The lowest BCUT2D eigenvalue weighted by Crippen LogP contribution is -2.61. The highest BCUT2D eigenvalue weighted by Gasteiger charge is 2.44. The molecule has 0 radical (unpaired) electrons. The van der Waals surface area contributed by atoms with Gasteiger partial charge in [0.15, 0.2) is 0 Å². The summed E-state index contributed by atoms with van der Waals surface area (Å²) in [5.41, 5.74) is 0.331. The molecule has 100 valence electrons. The topological polar surface area (TPSA) is 32.3 Å². The van der Waals surface area contributed by atoms with Crippen molar-refractivity contribution in [1.82, 2.24) is 10.2 Å². The summed E-state index contributed by atoms with van der Waals surface area (Å²) in [7, 11) is -0.649. The zero-order valence-electron chi connectivity index (χ0n) is 11.4. The summed E-state index contributed by atoms with van der Waals surface area (Å²) in [4.78, 5) is 2.58. The quantitative estimate of drug-likeness (QED) is 0.805. The fraction of sp³-hybridized carbons (Fsp3) is 1.00. The molecule has 1 N–H and O–H groups in total. The van der Waals surface area contributed by atoms with E-state index in [1.165, 1.54) is 12.8 Å². The van der Waals surface area contributed by atoms with E-state index in [1.807, 2.05) is 0 Å². The summed E-state index contributed by atoms with van der Waals surface area (Å²) >= 11 is 0. The van der Waals surface area contributed by atoms with Crippen LogP contribution in [0, 0.1) is 5.92 Å². The van der Waals surface area contributed by atoms with Crippen LogP contribution in [0.15, 0.2) is 0 Å². The summed E-state index contributed by atoms with van der Waals surface area (Å²) in [5.74, 6) is 1.73. The van der Waals surface area contributed by atoms with Crippen LogP contribution in [-0.2, 0) is 10.8 Å². The van der Waals surface area contributed by atoms with E-state index >= 15 is 0 Å². The van der Waals surface area contributed by atoms with Crippen molar-refractivity contribution in [3.05, 3.63) is 0 Å². The molecule has 0 aromatic heterocycles. The Bertz CT molecular complexity index is 293. The van der Waals surface area contributed by atoms with E-state index in [-0.39, 0.29) is 0 Å². The highest BCUT2D eigenvalue weighted by Crippen LogP contribution is 2.41. The summed E-state index contributed by atoms with van der Waals surface area (Å²) in [5, 5.41) is 3.71. The Hall–Kier alpha value is 0.0700. The molecule has 0 amide bonds. The molecule has 3 atom stereocenters. The molecule has 2 aliphatic rings. The van der Waals surface area contributed by atoms with Crippen LogP contribution in [0.1, 0.15) is 33.1 Å². The summed E-state index contributed by atoms with van der Waals surface area (Å²) < 4.78 is 11.2. The van der Waals surface area contributed by atoms with Gasteiger partial charge in [-0.3, -0.25) is 9.11 Å². The van der Waals surface area contributed by atoms with Crippen molar-refractivity contribution in [2.24, 2.45) is 5.92 Å². The SMILES string of the molecule is CC(CCS(C)=O)N1CCNC(C)(C2CC2)C1. The van der Waals surface area contributed by atoms with Gasteiger partial charge in [0.1, 0.15) is 0 Å². The monoisotopic (exact) mass is 258 g/mol. The average Bonchev–Trinajstić information content (AvgIpc) is 3.09. The number of rotatable bonds is 5. The van der Waals surface area contributed by atoms with Gasteiger partial charge in [-0.1, -0.05) is 0 Å². The van der Waals surface area contributed by atoms with Gasteiger partial charge in [-0.05, 0) is 39.0 Å². The molecular weight excluding hydrogens is 232 g/mol. The van der Waals surface area contributed by atoms with Crippen molar-refractivity contribution >= 4 is 10.8 Å². The van der Waals surface area contributed by atoms with E-state index in [9.17, 15) is 4.21 Å². The average molecular weight is 258 g/mol. The lowest BCUT2D eigenvalue weighted by molar-refractivity contribution is 0.0934. The Kier molecular flexibility index (Phi) is 4.26. The number of hydrogen-bond acceptors (Lipinski definition) is 3. The predicted molar refractivity (Wildman–Crippen MR) is 73.7 cm³/mol. The zero-order valence-corrected chi connectivity index (χ0v) is 12.2. The van der Waals surface area contributed by atoms with Crippen LogP contribution < -0.4 is 5.32 Å². The smallest absolute Gasteiger partial charge is 0.0309 e. The molecular formula is C13H26N2OS. The molecule has 0 aromatic rings. The first kappa shape index (κ1) is 13.5. The second-order valence-electron chi connectivity index (χ2n) is 6.00. The molecule has 3 nitrogen and oxygen atoms in total. The molecule has 2 fully saturated rings. The third-order valence-corrected chi connectivity index (χ3v) is 5.19. The largest absolute Gasteiger partial charge is 0.309 e. The molecule has 1 heterocycles. The van der Waals surface area contributed by atoms with Gasteiger partial charge < -0.3 is 5.32 Å². The number of nitrogens with one attached hydrogen (secondary N) is 1. The number of hydrogen-bond donors (Lipinski definition) is 1. The van der Waals surface area contributed by atoms with Gasteiger partial charge in [-0.15, -0.1) is 0 Å². The standard InChI is InChI=1S/C13H26N2OS/c1-11(6-9-17(3)16)15-8-7-14-13(2,10-15)12-4-5-12/h11-12,14H,4-10H2,1-3H3. The van der Waals surface area contributed by atoms with Gasteiger partial charge in [0.25, 0.3) is 0 Å². The van der Waals surface area contributed by atoms with E-state index < -0.39 is 10.8 Å². The fourth-order valence-corrected chi connectivity index (χ4v) is 3.60. The molecule has 1 aliphatic carbocycles. The van der Waals surface area contributed by atoms with E-state index in [0.29, 0.717) is 11.6 Å². The number of nitrogens with zero attached hydrogens (tertiary/aromatic N) is 1. The molecule has 3 unspecified atom stereocenters. The van der Waals surface area contributed by atoms with Crippen LogP contribution in [0.2, 0.25) is 0 Å². The Balaban J connectivity index is 1.85. The van der Waals surface area contributed by atoms with Gasteiger partial charge in [0.05, 0.1) is 0 Å². The van der Waals surface area contributed by atoms with Gasteiger partial charge in [0, 0.05) is 54.0 Å². The normalized spacial score (nSPS) is 34.5. The van der Waals surface area contributed by atoms with Crippen molar-refractivity contribution in [3.63, 3.8) is 0 Å². The van der Waals surface area contributed by atoms with Crippen molar-refractivity contribution in [2.45, 2.75) is 44.7 Å². The minimum atomic E-state index is -0.649. The van der Waals surface area contributed by atoms with Crippen molar-refractivity contribution in [1.29, 1.82) is 0 Å². The lowest BCUT2D eigenvalue weighted by Gasteiger charge is -2.44. The van der Waals surface area contributed by atoms with Crippen LogP contribution in [0.25, 0.3) is 0 Å². The first-order valence-corrected chi connectivity index (χ1v) is 8.53. The maximum atomic E-state index is 11.2. The zero-order chi connectivity index (χ0) is 12.5. The third kappa shape index (κ3) is 3.52. The Morgan fingerprint density at radius 2 is 2.24 bits per heavy atom. The van der Waals surface area contributed by atoms with Crippen LogP contribution in [-0.4, -0.2) is 52.3 Å². The van der Waals surface area contributed by atoms with Crippen LogP contribution >= 0.6 is 0 Å². The lowest BCUT2D eigenvalue weighted by atomic mass is 9.92. The minimum absolute atomic E-state index is 0.331. The first-order chi connectivity index (χ1) is 8.01. The van der Waals surface area contributed by atoms with Crippen LogP contribution in [0.4, 0.5) is 0 Å². The van der Waals surface area contributed by atoms with Crippen LogP contribution in [0.3, 0.4) is 0 Å². The summed E-state index contributed by atoms with van der Waals surface area (Å²) in [6, 6.07) is 0.569. The first-order valence-electron chi connectivity index (χ1n) is 6.80. The van der Waals surface area contributed by atoms with E-state index in [0.717, 1.165) is 37.7 Å². The third-order valence-electron chi connectivity index (χ3n) is 4.38. The molecule has 1 aliphatic heterocycles. The van der Waals surface area contributed by atoms with Gasteiger partial charge >= 0.3 is 0 Å². The number of piperazine rings is 1. The molecule has 4 heteroatoms. The minimum Gasteiger partial charge on any atom is -0.309 e. The molecule has 0 bridgehead atoms. The molecule has 0 spiro atoms. The van der Waals surface area contributed by atoms with Crippen molar-refractivity contribution < 1.29 is 4.21 Å². The van der Waals surface area contributed by atoms with Gasteiger partial charge in [-0.25, -0.2) is 0 Å². The molecule has 0 aromatic carbocycles. The van der Waals surface area contributed by atoms with Crippen molar-refractivity contribution in [3.8, 4) is 0 Å². The fourth-order valence-electron chi connectivity index (χ4n) is 2.93. The molecule has 1 saturated heterocycles. The molecule has 2 rings (SSSR count). The summed E-state index contributed by atoms with van der Waals surface area (Å²) in [6.07, 6.45) is 5.65.